The van der Waals surface area contributed by atoms with Crippen LogP contribution in [-0.4, -0.2) is 5.11 Å². The van der Waals surface area contributed by atoms with Gasteiger partial charge in [0.1, 0.15) is 11.3 Å². The van der Waals surface area contributed by atoms with Crippen LogP contribution in [-0.2, 0) is 0 Å². The van der Waals surface area contributed by atoms with Crippen LogP contribution in [0.4, 0.5) is 0 Å². The Morgan fingerprint density at radius 1 is 1.05 bits per heavy atom. The van der Waals surface area contributed by atoms with Crippen LogP contribution in [0, 0.1) is 0 Å². The van der Waals surface area contributed by atoms with Crippen LogP contribution < -0.4 is 0 Å². The largest absolute Gasteiger partial charge is 0.513 e. The molecule has 0 aliphatic carbocycles. The Morgan fingerprint density at radius 2 is 1.71 bits per heavy atom. The maximum absolute atomic E-state index is 9.65. The number of hydrogen-bond donors (Lipinski definition) is 1. The highest BCUT2D eigenvalue weighted by atomic mass is 16.3. The molecule has 3 rings (SSSR count). The predicted octanol–water partition coefficient (Wildman–Crippen LogP) is 5.41. The van der Waals surface area contributed by atoms with Crippen LogP contribution in [0.3, 0.4) is 0 Å². The lowest BCUT2D eigenvalue weighted by atomic mass is 10.0. The van der Waals surface area contributed by atoms with Crippen molar-refractivity contribution in [3.05, 3.63) is 83.8 Å². The lowest BCUT2D eigenvalue weighted by Crippen LogP contribution is -1.87. The number of hydrogen-bond acceptors (Lipinski definition) is 2. The Morgan fingerprint density at radius 3 is 2.43 bits per heavy atom. The van der Waals surface area contributed by atoms with Gasteiger partial charge in [-0.05, 0) is 24.6 Å². The smallest absolute Gasteiger partial charge is 0.142 e. The monoisotopic (exact) mass is 276 g/mol. The average Bonchev–Trinajstić information content (AvgIpc) is 2.86. The Kier molecular flexibility index (Phi) is 3.36. The summed E-state index contributed by atoms with van der Waals surface area (Å²) in [6.45, 7) is 5.80. The van der Waals surface area contributed by atoms with E-state index in [4.69, 9.17) is 4.42 Å². The summed E-state index contributed by atoms with van der Waals surface area (Å²) in [4.78, 5) is 0. The molecule has 1 aromatic heterocycles. The second-order valence-corrected chi connectivity index (χ2v) is 4.97. The number of allylic oxidation sites excluding steroid dienone is 1. The van der Waals surface area contributed by atoms with Gasteiger partial charge >= 0.3 is 0 Å². The van der Waals surface area contributed by atoms with Crippen LogP contribution in [0.25, 0.3) is 22.6 Å². The number of aliphatic hydroxyl groups is 1. The first-order valence-electron chi connectivity index (χ1n) is 6.80. The second-order valence-electron chi connectivity index (χ2n) is 4.97. The van der Waals surface area contributed by atoms with Gasteiger partial charge in [-0.3, -0.25) is 0 Å². The van der Waals surface area contributed by atoms with E-state index >= 15 is 0 Å². The molecule has 0 radical (unpaired) electrons. The average molecular weight is 276 g/mol. The van der Waals surface area contributed by atoms with Gasteiger partial charge in [0.05, 0.1) is 5.76 Å². The highest BCUT2D eigenvalue weighted by Crippen LogP contribution is 2.34. The van der Waals surface area contributed by atoms with Crippen LogP contribution in [0.15, 0.2) is 71.4 Å². The first kappa shape index (κ1) is 13.3. The van der Waals surface area contributed by atoms with E-state index in [0.717, 1.165) is 27.7 Å². The minimum Gasteiger partial charge on any atom is -0.513 e. The maximum atomic E-state index is 9.65. The van der Waals surface area contributed by atoms with E-state index in [9.17, 15) is 5.11 Å². The molecule has 0 fully saturated rings. The van der Waals surface area contributed by atoms with E-state index in [0.29, 0.717) is 5.76 Å². The highest BCUT2D eigenvalue weighted by molar-refractivity contribution is 5.95. The molecule has 0 bridgehead atoms. The van der Waals surface area contributed by atoms with Gasteiger partial charge in [-0.2, -0.15) is 0 Å². The van der Waals surface area contributed by atoms with Crippen molar-refractivity contribution < 1.29 is 9.52 Å². The highest BCUT2D eigenvalue weighted by Gasteiger charge is 2.16. The SMILES string of the molecule is C=C(c1ccccc1)c1oc2ccccc2c1/C=C(/C)O. The molecular formula is C19H16O2. The van der Waals surface area contributed by atoms with Gasteiger partial charge in [0.15, 0.2) is 0 Å². The van der Waals surface area contributed by atoms with E-state index in [1.54, 1.807) is 13.0 Å². The third-order valence-electron chi connectivity index (χ3n) is 3.38. The molecule has 3 aromatic rings. The van der Waals surface area contributed by atoms with Crippen LogP contribution >= 0.6 is 0 Å². The fourth-order valence-corrected chi connectivity index (χ4v) is 2.41. The molecule has 2 nitrogen and oxygen atoms in total. The molecule has 0 unspecified atom stereocenters. The molecule has 104 valence electrons. The van der Waals surface area contributed by atoms with Crippen molar-refractivity contribution in [3.63, 3.8) is 0 Å². The Labute approximate surface area is 123 Å². The van der Waals surface area contributed by atoms with Gasteiger partial charge in [-0.1, -0.05) is 55.1 Å². The van der Waals surface area contributed by atoms with Crippen molar-refractivity contribution in [2.75, 3.05) is 0 Å². The third-order valence-corrected chi connectivity index (χ3v) is 3.38. The number of furan rings is 1. The van der Waals surface area contributed by atoms with Gasteiger partial charge in [-0.25, -0.2) is 0 Å². The lowest BCUT2D eigenvalue weighted by Gasteiger charge is -2.04. The van der Waals surface area contributed by atoms with E-state index < -0.39 is 0 Å². The summed E-state index contributed by atoms with van der Waals surface area (Å²) in [5, 5.41) is 10.6. The normalized spacial score (nSPS) is 11.8. The third kappa shape index (κ3) is 2.48. The lowest BCUT2D eigenvalue weighted by molar-refractivity contribution is 0.419. The van der Waals surface area contributed by atoms with Crippen LogP contribution in [0.1, 0.15) is 23.8 Å². The summed E-state index contributed by atoms with van der Waals surface area (Å²) in [7, 11) is 0. The van der Waals surface area contributed by atoms with Gasteiger partial charge in [0, 0.05) is 16.5 Å². The summed E-state index contributed by atoms with van der Waals surface area (Å²) in [6, 6.07) is 17.7. The van der Waals surface area contributed by atoms with Crippen molar-refractivity contribution in [3.8, 4) is 0 Å². The minimum atomic E-state index is 0.240. The molecular weight excluding hydrogens is 260 g/mol. The predicted molar refractivity (Wildman–Crippen MR) is 87.1 cm³/mol. The number of aliphatic hydroxyl groups excluding tert-OH is 1. The molecule has 2 aromatic carbocycles. The van der Waals surface area contributed by atoms with Crippen LogP contribution in [0.2, 0.25) is 0 Å². The summed E-state index contributed by atoms with van der Waals surface area (Å²) >= 11 is 0. The molecule has 0 spiro atoms. The zero-order chi connectivity index (χ0) is 14.8. The molecule has 1 heterocycles. The van der Waals surface area contributed by atoms with Gasteiger partial charge in [0.25, 0.3) is 0 Å². The van der Waals surface area contributed by atoms with E-state index in [-0.39, 0.29) is 5.76 Å². The Hall–Kier alpha value is -2.74. The quantitative estimate of drug-likeness (QED) is 0.648. The molecule has 0 amide bonds. The molecule has 2 heteroatoms. The van der Waals surface area contributed by atoms with Crippen LogP contribution in [0.5, 0.6) is 0 Å². The fourth-order valence-electron chi connectivity index (χ4n) is 2.41. The van der Waals surface area contributed by atoms with Gasteiger partial charge < -0.3 is 9.52 Å². The van der Waals surface area contributed by atoms with E-state index in [2.05, 4.69) is 6.58 Å². The number of fused-ring (bicyclic) bond motifs is 1. The molecule has 0 aliphatic rings. The molecule has 1 N–H and O–H groups in total. The van der Waals surface area contributed by atoms with E-state index in [1.165, 1.54) is 0 Å². The molecule has 21 heavy (non-hydrogen) atoms. The topological polar surface area (TPSA) is 33.4 Å². The van der Waals surface area contributed by atoms with Crippen molar-refractivity contribution in [2.45, 2.75) is 6.92 Å². The number of para-hydroxylation sites is 1. The molecule has 0 atom stereocenters. The van der Waals surface area contributed by atoms with E-state index in [1.807, 2.05) is 54.6 Å². The second kappa shape index (κ2) is 5.33. The van der Waals surface area contributed by atoms with Crippen molar-refractivity contribution in [1.82, 2.24) is 0 Å². The minimum absolute atomic E-state index is 0.240. The Balaban J connectivity index is 2.22. The molecule has 0 saturated heterocycles. The standard InChI is InChI=1S/C19H16O2/c1-13(20)12-17-16-10-6-7-11-18(16)21-19(17)14(2)15-8-4-3-5-9-15/h3-12,20H,2H2,1H3/b13-12-. The number of benzene rings is 2. The number of rotatable bonds is 3. The molecule has 0 aliphatic heterocycles. The van der Waals surface area contributed by atoms with Gasteiger partial charge in [0.2, 0.25) is 0 Å². The van der Waals surface area contributed by atoms with Crippen molar-refractivity contribution >= 4 is 22.6 Å². The molecule has 0 saturated carbocycles. The summed E-state index contributed by atoms with van der Waals surface area (Å²) < 4.78 is 5.96. The summed E-state index contributed by atoms with van der Waals surface area (Å²) in [6.07, 6.45) is 1.72. The summed E-state index contributed by atoms with van der Waals surface area (Å²) in [5.41, 5.74) is 3.46. The maximum Gasteiger partial charge on any atom is 0.142 e. The first-order valence-corrected chi connectivity index (χ1v) is 6.80. The zero-order valence-electron chi connectivity index (χ0n) is 11.8. The summed E-state index contributed by atoms with van der Waals surface area (Å²) in [5.74, 6) is 0.930. The fraction of sp³-hybridized carbons (Fsp3) is 0.0526. The van der Waals surface area contributed by atoms with Gasteiger partial charge in [-0.15, -0.1) is 0 Å². The van der Waals surface area contributed by atoms with Crippen molar-refractivity contribution in [1.29, 1.82) is 0 Å². The first-order chi connectivity index (χ1) is 10.2. The zero-order valence-corrected chi connectivity index (χ0v) is 11.8. The Bertz CT molecular complexity index is 819. The van der Waals surface area contributed by atoms with Crippen molar-refractivity contribution in [2.24, 2.45) is 0 Å².